The molecule has 7 nitrogen and oxygen atoms in total. The third-order valence-corrected chi connectivity index (χ3v) is 6.43. The summed E-state index contributed by atoms with van der Waals surface area (Å²) in [5.41, 5.74) is 2.21. The lowest BCUT2D eigenvalue weighted by Crippen LogP contribution is -2.32. The van der Waals surface area contributed by atoms with Gasteiger partial charge in [-0.3, -0.25) is 9.59 Å². The van der Waals surface area contributed by atoms with Crippen LogP contribution in [0.15, 0.2) is 84.4 Å². The van der Waals surface area contributed by atoms with Gasteiger partial charge in [-0.1, -0.05) is 48.5 Å². The Morgan fingerprint density at radius 2 is 1.61 bits per heavy atom. The summed E-state index contributed by atoms with van der Waals surface area (Å²) >= 11 is 0. The van der Waals surface area contributed by atoms with Gasteiger partial charge in [-0.05, 0) is 69.9 Å². The lowest BCUT2D eigenvalue weighted by molar-refractivity contribution is -0.140. The molecule has 1 saturated heterocycles. The molecule has 0 spiro atoms. The molecular formula is C31H34N2O5. The summed E-state index contributed by atoms with van der Waals surface area (Å²) in [4.78, 5) is 30.1. The third kappa shape index (κ3) is 6.06. The molecule has 1 unspecified atom stereocenters. The molecule has 1 aliphatic heterocycles. The van der Waals surface area contributed by atoms with E-state index in [0.29, 0.717) is 48.8 Å². The highest BCUT2D eigenvalue weighted by atomic mass is 16.5. The molecule has 1 N–H and O–H groups in total. The van der Waals surface area contributed by atoms with Gasteiger partial charge in [-0.25, -0.2) is 0 Å². The van der Waals surface area contributed by atoms with E-state index in [-0.39, 0.29) is 11.3 Å². The Bertz CT molecular complexity index is 1290. The van der Waals surface area contributed by atoms with Crippen molar-refractivity contribution in [2.24, 2.45) is 0 Å². The number of ketones is 1. The Kier molecular flexibility index (Phi) is 8.81. The van der Waals surface area contributed by atoms with Gasteiger partial charge in [0.2, 0.25) is 0 Å². The van der Waals surface area contributed by atoms with Gasteiger partial charge in [-0.15, -0.1) is 0 Å². The first-order valence-electron chi connectivity index (χ1n) is 12.8. The SMILES string of the molecule is CCOc1ccccc1C1/C(=C(\O)c2ccc(OCc3ccccc3)cc2)C(=O)C(=O)N1CCCN(C)C. The lowest BCUT2D eigenvalue weighted by atomic mass is 9.94. The molecule has 1 heterocycles. The number of benzene rings is 3. The van der Waals surface area contributed by atoms with E-state index in [0.717, 1.165) is 12.1 Å². The average molecular weight is 515 g/mol. The van der Waals surface area contributed by atoms with Crippen molar-refractivity contribution >= 4 is 17.4 Å². The monoisotopic (exact) mass is 514 g/mol. The fraction of sp³-hybridized carbons (Fsp3) is 0.290. The minimum atomic E-state index is -0.756. The van der Waals surface area contributed by atoms with Gasteiger partial charge < -0.3 is 24.4 Å². The number of para-hydroxylation sites is 1. The number of Topliss-reactive ketones (excluding diaryl/α,β-unsaturated/α-hetero) is 1. The molecule has 3 aromatic carbocycles. The molecule has 198 valence electrons. The lowest BCUT2D eigenvalue weighted by Gasteiger charge is -2.27. The number of carbonyl (C=O) groups is 2. The maximum absolute atomic E-state index is 13.3. The van der Waals surface area contributed by atoms with Crippen LogP contribution in [0.25, 0.3) is 5.76 Å². The van der Waals surface area contributed by atoms with Crippen molar-refractivity contribution in [2.75, 3.05) is 33.8 Å². The summed E-state index contributed by atoms with van der Waals surface area (Å²) in [6, 6.07) is 23.3. The van der Waals surface area contributed by atoms with Crippen molar-refractivity contribution in [1.82, 2.24) is 9.80 Å². The van der Waals surface area contributed by atoms with Crippen molar-refractivity contribution in [3.8, 4) is 11.5 Å². The predicted octanol–water partition coefficient (Wildman–Crippen LogP) is 5.04. The summed E-state index contributed by atoms with van der Waals surface area (Å²) in [6.45, 7) is 3.86. The number of hydrogen-bond acceptors (Lipinski definition) is 6. The van der Waals surface area contributed by atoms with Gasteiger partial charge in [0.1, 0.15) is 23.9 Å². The summed E-state index contributed by atoms with van der Waals surface area (Å²) in [5, 5.41) is 11.4. The molecule has 1 amide bonds. The molecule has 1 fully saturated rings. The highest BCUT2D eigenvalue weighted by Gasteiger charge is 2.46. The van der Waals surface area contributed by atoms with Gasteiger partial charge in [0.15, 0.2) is 0 Å². The Balaban J connectivity index is 1.68. The first kappa shape index (κ1) is 26.9. The van der Waals surface area contributed by atoms with E-state index in [1.807, 2.05) is 80.5 Å². The third-order valence-electron chi connectivity index (χ3n) is 6.43. The number of aliphatic hydroxyl groups is 1. The Hall–Kier alpha value is -4.10. The van der Waals surface area contributed by atoms with Crippen molar-refractivity contribution in [3.05, 3.63) is 101 Å². The zero-order valence-electron chi connectivity index (χ0n) is 22.1. The van der Waals surface area contributed by atoms with E-state index in [1.54, 1.807) is 29.2 Å². The van der Waals surface area contributed by atoms with Crippen LogP contribution in [0.1, 0.15) is 36.1 Å². The van der Waals surface area contributed by atoms with Crippen molar-refractivity contribution < 1.29 is 24.2 Å². The van der Waals surface area contributed by atoms with E-state index in [1.165, 1.54) is 0 Å². The molecular weight excluding hydrogens is 480 g/mol. The fourth-order valence-electron chi connectivity index (χ4n) is 4.59. The molecule has 4 rings (SSSR count). The van der Waals surface area contributed by atoms with Crippen LogP contribution in [-0.2, 0) is 16.2 Å². The average Bonchev–Trinajstić information content (AvgIpc) is 3.17. The molecule has 0 aromatic heterocycles. The minimum absolute atomic E-state index is 0.0601. The maximum Gasteiger partial charge on any atom is 0.295 e. The maximum atomic E-state index is 13.3. The van der Waals surface area contributed by atoms with E-state index in [9.17, 15) is 14.7 Å². The second-order valence-electron chi connectivity index (χ2n) is 9.42. The number of aliphatic hydroxyl groups excluding tert-OH is 1. The van der Waals surface area contributed by atoms with Gasteiger partial charge in [0, 0.05) is 17.7 Å². The van der Waals surface area contributed by atoms with Crippen LogP contribution >= 0.6 is 0 Å². The molecule has 0 bridgehead atoms. The molecule has 38 heavy (non-hydrogen) atoms. The Morgan fingerprint density at radius 3 is 2.29 bits per heavy atom. The van der Waals surface area contributed by atoms with E-state index < -0.39 is 17.7 Å². The quantitative estimate of drug-likeness (QED) is 0.220. The zero-order valence-corrected chi connectivity index (χ0v) is 22.1. The summed E-state index contributed by atoms with van der Waals surface area (Å²) in [5.74, 6) is -0.329. The van der Waals surface area contributed by atoms with Crippen molar-refractivity contribution in [1.29, 1.82) is 0 Å². The number of hydrogen-bond donors (Lipinski definition) is 1. The standard InChI is InChI=1S/C31H34N2O5/c1-4-37-26-14-9-8-13-25(26)28-27(30(35)31(36)33(28)20-10-19-32(2)3)29(34)23-15-17-24(18-16-23)38-21-22-11-6-5-7-12-22/h5-9,11-18,28,34H,4,10,19-21H2,1-3H3/b29-27+. The number of ether oxygens (including phenoxy) is 2. The van der Waals surface area contributed by atoms with E-state index in [2.05, 4.69) is 0 Å². The summed E-state index contributed by atoms with van der Waals surface area (Å²) in [7, 11) is 3.92. The van der Waals surface area contributed by atoms with Gasteiger partial charge in [0.05, 0.1) is 18.2 Å². The van der Waals surface area contributed by atoms with Crippen LogP contribution in [0.4, 0.5) is 0 Å². The molecule has 3 aromatic rings. The summed E-state index contributed by atoms with van der Waals surface area (Å²) in [6.07, 6.45) is 0.681. The number of nitrogens with zero attached hydrogens (tertiary/aromatic N) is 2. The van der Waals surface area contributed by atoms with Crippen LogP contribution in [0.5, 0.6) is 11.5 Å². The largest absolute Gasteiger partial charge is 0.507 e. The zero-order chi connectivity index (χ0) is 27.1. The normalized spacial score (nSPS) is 16.7. The second-order valence-corrected chi connectivity index (χ2v) is 9.42. The number of rotatable bonds is 11. The first-order chi connectivity index (χ1) is 18.4. The highest BCUT2D eigenvalue weighted by molar-refractivity contribution is 6.46. The van der Waals surface area contributed by atoms with Gasteiger partial charge in [-0.2, -0.15) is 0 Å². The fourth-order valence-corrected chi connectivity index (χ4v) is 4.59. The molecule has 0 aliphatic carbocycles. The van der Waals surface area contributed by atoms with Crippen LogP contribution < -0.4 is 9.47 Å². The Morgan fingerprint density at radius 1 is 0.921 bits per heavy atom. The van der Waals surface area contributed by atoms with Gasteiger partial charge >= 0.3 is 0 Å². The van der Waals surface area contributed by atoms with E-state index in [4.69, 9.17) is 9.47 Å². The van der Waals surface area contributed by atoms with Gasteiger partial charge in [0.25, 0.3) is 11.7 Å². The predicted molar refractivity (Wildman–Crippen MR) is 147 cm³/mol. The topological polar surface area (TPSA) is 79.3 Å². The van der Waals surface area contributed by atoms with Crippen LogP contribution in [0.2, 0.25) is 0 Å². The Labute approximate surface area is 223 Å². The van der Waals surface area contributed by atoms with Crippen molar-refractivity contribution in [3.63, 3.8) is 0 Å². The number of carbonyl (C=O) groups excluding carboxylic acids is 2. The van der Waals surface area contributed by atoms with Crippen molar-refractivity contribution in [2.45, 2.75) is 26.0 Å². The molecule has 1 aliphatic rings. The van der Waals surface area contributed by atoms with Crippen LogP contribution in [-0.4, -0.2) is 60.4 Å². The first-order valence-corrected chi connectivity index (χ1v) is 12.8. The highest BCUT2D eigenvalue weighted by Crippen LogP contribution is 2.42. The van der Waals surface area contributed by atoms with Crippen LogP contribution in [0, 0.1) is 0 Å². The summed E-state index contributed by atoms with van der Waals surface area (Å²) < 4.78 is 11.7. The number of amides is 1. The van der Waals surface area contributed by atoms with E-state index >= 15 is 0 Å². The molecule has 0 saturated carbocycles. The molecule has 7 heteroatoms. The van der Waals surface area contributed by atoms with Crippen LogP contribution in [0.3, 0.4) is 0 Å². The second kappa shape index (κ2) is 12.4. The molecule has 0 radical (unpaired) electrons. The smallest absolute Gasteiger partial charge is 0.295 e. The molecule has 1 atom stereocenters. The number of likely N-dealkylation sites (tertiary alicyclic amines) is 1. The minimum Gasteiger partial charge on any atom is -0.507 e.